The van der Waals surface area contributed by atoms with Crippen LogP contribution in [0.3, 0.4) is 0 Å². The van der Waals surface area contributed by atoms with Gasteiger partial charge in [0, 0.05) is 6.54 Å². The van der Waals surface area contributed by atoms with Gasteiger partial charge in [0.1, 0.15) is 5.38 Å². The third-order valence-electron chi connectivity index (χ3n) is 2.16. The molecule has 0 heterocycles. The molecule has 0 saturated heterocycles. The second-order valence-electron chi connectivity index (χ2n) is 3.34. The van der Waals surface area contributed by atoms with E-state index in [2.05, 4.69) is 10.1 Å². The van der Waals surface area contributed by atoms with Gasteiger partial charge >= 0.3 is 5.97 Å². The van der Waals surface area contributed by atoms with E-state index in [1.165, 1.54) is 19.2 Å². The lowest BCUT2D eigenvalue weighted by molar-refractivity contribution is 0.0596. The zero-order valence-electron chi connectivity index (χ0n) is 9.64. The normalized spacial score (nSPS) is 11.2. The highest BCUT2D eigenvalue weighted by Gasteiger charge is 2.17. The molecule has 0 spiro atoms. The molecule has 1 atom stereocenters. The summed E-state index contributed by atoms with van der Waals surface area (Å²) in [6.07, 6.45) is 0. The van der Waals surface area contributed by atoms with Gasteiger partial charge in [-0.3, -0.25) is 4.79 Å². The first-order valence-electron chi connectivity index (χ1n) is 5.09. The third kappa shape index (κ3) is 3.47. The molecule has 0 bridgehead atoms. The molecule has 1 aromatic carbocycles. The maximum absolute atomic E-state index is 11.8. The summed E-state index contributed by atoms with van der Waals surface area (Å²) in [5.41, 5.74) is 0.353. The van der Waals surface area contributed by atoms with Gasteiger partial charge in [-0.05, 0) is 12.1 Å². The van der Waals surface area contributed by atoms with Crippen molar-refractivity contribution in [3.8, 4) is 6.07 Å². The third-order valence-corrected chi connectivity index (χ3v) is 2.41. The van der Waals surface area contributed by atoms with Gasteiger partial charge in [-0.1, -0.05) is 12.1 Å². The highest BCUT2D eigenvalue weighted by Crippen LogP contribution is 2.10. The van der Waals surface area contributed by atoms with Crippen molar-refractivity contribution in [2.75, 3.05) is 13.7 Å². The van der Waals surface area contributed by atoms with Gasteiger partial charge in [0.15, 0.2) is 0 Å². The molecule has 0 radical (unpaired) electrons. The van der Waals surface area contributed by atoms with Gasteiger partial charge in [0.2, 0.25) is 0 Å². The number of nitrogens with zero attached hydrogens (tertiary/aromatic N) is 1. The summed E-state index contributed by atoms with van der Waals surface area (Å²) in [5.74, 6) is -1.07. The summed E-state index contributed by atoms with van der Waals surface area (Å²) >= 11 is 5.56. The summed E-state index contributed by atoms with van der Waals surface area (Å²) < 4.78 is 4.58. The second-order valence-corrected chi connectivity index (χ2v) is 3.87. The summed E-state index contributed by atoms with van der Waals surface area (Å²) in [7, 11) is 1.24. The standard InChI is InChI=1S/C12H11ClN2O3/c1-18-12(17)10-5-3-2-4-9(10)11(16)15-7-8(13)6-14/h2-5,8H,7H2,1H3,(H,15,16). The number of methoxy groups -OCH3 is 1. The molecule has 0 aromatic heterocycles. The Balaban J connectivity index is 2.86. The van der Waals surface area contributed by atoms with Gasteiger partial charge in [0.05, 0.1) is 24.3 Å². The van der Waals surface area contributed by atoms with Crippen LogP contribution in [0.15, 0.2) is 24.3 Å². The Morgan fingerprint density at radius 3 is 2.61 bits per heavy atom. The van der Waals surface area contributed by atoms with Crippen LogP contribution in [0.2, 0.25) is 0 Å². The van der Waals surface area contributed by atoms with Crippen molar-refractivity contribution in [1.82, 2.24) is 5.32 Å². The van der Waals surface area contributed by atoms with Crippen molar-refractivity contribution < 1.29 is 14.3 Å². The van der Waals surface area contributed by atoms with Crippen LogP contribution in [0, 0.1) is 11.3 Å². The van der Waals surface area contributed by atoms with Crippen molar-refractivity contribution in [2.24, 2.45) is 0 Å². The topological polar surface area (TPSA) is 79.2 Å². The number of nitriles is 1. The second kappa shape index (κ2) is 6.62. The maximum Gasteiger partial charge on any atom is 0.338 e. The number of benzene rings is 1. The predicted octanol–water partition coefficient (Wildman–Crippen LogP) is 1.33. The first-order chi connectivity index (χ1) is 8.60. The number of nitrogens with one attached hydrogen (secondary N) is 1. The van der Waals surface area contributed by atoms with Crippen molar-refractivity contribution in [2.45, 2.75) is 5.38 Å². The zero-order chi connectivity index (χ0) is 13.5. The molecule has 0 aliphatic carbocycles. The predicted molar refractivity (Wildman–Crippen MR) is 65.4 cm³/mol. The van der Waals surface area contributed by atoms with E-state index in [1.807, 2.05) is 0 Å². The van der Waals surface area contributed by atoms with Crippen molar-refractivity contribution >= 4 is 23.5 Å². The molecule has 94 valence electrons. The number of carbonyl (C=O) groups excluding carboxylic acids is 2. The average molecular weight is 267 g/mol. The van der Waals surface area contributed by atoms with Gasteiger partial charge < -0.3 is 10.1 Å². The average Bonchev–Trinajstić information content (AvgIpc) is 2.43. The van der Waals surface area contributed by atoms with Crippen LogP contribution in [0.4, 0.5) is 0 Å². The number of hydrogen-bond acceptors (Lipinski definition) is 4. The molecule has 0 aliphatic heterocycles. The van der Waals surface area contributed by atoms with E-state index in [0.29, 0.717) is 0 Å². The molecule has 0 saturated carbocycles. The molecule has 6 heteroatoms. The van der Waals surface area contributed by atoms with Gasteiger partial charge in [-0.15, -0.1) is 11.6 Å². The fraction of sp³-hybridized carbons (Fsp3) is 0.250. The largest absolute Gasteiger partial charge is 0.465 e. The number of ether oxygens (including phenoxy) is 1. The number of hydrogen-bond donors (Lipinski definition) is 1. The molecule has 5 nitrogen and oxygen atoms in total. The lowest BCUT2D eigenvalue weighted by Gasteiger charge is -2.08. The lowest BCUT2D eigenvalue weighted by Crippen LogP contribution is -2.30. The van der Waals surface area contributed by atoms with Crippen LogP contribution in [0.1, 0.15) is 20.7 Å². The first-order valence-corrected chi connectivity index (χ1v) is 5.53. The maximum atomic E-state index is 11.8. The fourth-order valence-electron chi connectivity index (χ4n) is 1.29. The smallest absolute Gasteiger partial charge is 0.338 e. The Kier molecular flexibility index (Phi) is 5.15. The van der Waals surface area contributed by atoms with Crippen LogP contribution in [-0.4, -0.2) is 30.9 Å². The van der Waals surface area contributed by atoms with Crippen LogP contribution >= 0.6 is 11.6 Å². The highest BCUT2D eigenvalue weighted by atomic mass is 35.5. The molecular weight excluding hydrogens is 256 g/mol. The molecular formula is C12H11ClN2O3. The molecule has 0 fully saturated rings. The summed E-state index contributed by atoms with van der Waals surface area (Å²) in [5, 5.41) is 10.2. The lowest BCUT2D eigenvalue weighted by atomic mass is 10.1. The quantitative estimate of drug-likeness (QED) is 0.659. The number of carbonyl (C=O) groups is 2. The number of amides is 1. The molecule has 1 amide bonds. The number of esters is 1. The Bertz CT molecular complexity index is 496. The Hall–Kier alpha value is -2.06. The minimum atomic E-state index is -0.806. The SMILES string of the molecule is COC(=O)c1ccccc1C(=O)NCC(Cl)C#N. The molecule has 1 unspecified atom stereocenters. The monoisotopic (exact) mass is 266 g/mol. The van der Waals surface area contributed by atoms with Crippen molar-refractivity contribution in [3.05, 3.63) is 35.4 Å². The van der Waals surface area contributed by atoms with E-state index in [4.69, 9.17) is 16.9 Å². The molecule has 1 N–H and O–H groups in total. The van der Waals surface area contributed by atoms with E-state index >= 15 is 0 Å². The van der Waals surface area contributed by atoms with E-state index in [9.17, 15) is 9.59 Å². The molecule has 1 aromatic rings. The Labute approximate surface area is 109 Å². The van der Waals surface area contributed by atoms with E-state index < -0.39 is 17.3 Å². The van der Waals surface area contributed by atoms with E-state index in [-0.39, 0.29) is 17.7 Å². The van der Waals surface area contributed by atoms with Crippen LogP contribution in [0.25, 0.3) is 0 Å². The minimum absolute atomic E-state index is 0.00635. The van der Waals surface area contributed by atoms with Crippen LogP contribution in [0.5, 0.6) is 0 Å². The van der Waals surface area contributed by atoms with Gasteiger partial charge in [0.25, 0.3) is 5.91 Å². The zero-order valence-corrected chi connectivity index (χ0v) is 10.4. The highest BCUT2D eigenvalue weighted by molar-refractivity contribution is 6.22. The number of halogens is 1. The van der Waals surface area contributed by atoms with Crippen molar-refractivity contribution in [1.29, 1.82) is 5.26 Å². The summed E-state index contributed by atoms with van der Waals surface area (Å²) in [4.78, 5) is 23.3. The van der Waals surface area contributed by atoms with E-state index in [0.717, 1.165) is 0 Å². The van der Waals surface area contributed by atoms with Crippen molar-refractivity contribution in [3.63, 3.8) is 0 Å². The Morgan fingerprint density at radius 1 is 1.44 bits per heavy atom. The fourth-order valence-corrected chi connectivity index (χ4v) is 1.37. The minimum Gasteiger partial charge on any atom is -0.465 e. The summed E-state index contributed by atoms with van der Waals surface area (Å²) in [6.45, 7) is 0.00635. The molecule has 0 aliphatic rings. The number of rotatable bonds is 4. The number of alkyl halides is 1. The van der Waals surface area contributed by atoms with Gasteiger partial charge in [-0.25, -0.2) is 4.79 Å². The van der Waals surface area contributed by atoms with Crippen LogP contribution < -0.4 is 5.32 Å². The van der Waals surface area contributed by atoms with Gasteiger partial charge in [-0.2, -0.15) is 5.26 Å². The summed E-state index contributed by atoms with van der Waals surface area (Å²) in [6, 6.07) is 8.02. The van der Waals surface area contributed by atoms with E-state index in [1.54, 1.807) is 18.2 Å². The first kappa shape index (κ1) is 14.0. The molecule has 1 rings (SSSR count). The molecule has 18 heavy (non-hydrogen) atoms. The Morgan fingerprint density at radius 2 is 2.06 bits per heavy atom. The van der Waals surface area contributed by atoms with Crippen LogP contribution in [-0.2, 0) is 4.74 Å².